The van der Waals surface area contributed by atoms with Gasteiger partial charge in [-0.05, 0) is 25.8 Å². The molecule has 0 aromatic carbocycles. The topological polar surface area (TPSA) is 37.4 Å². The highest BCUT2D eigenvalue weighted by Crippen LogP contribution is 2.28. The molecule has 0 bridgehead atoms. The van der Waals surface area contributed by atoms with Crippen LogP contribution < -0.4 is 10.2 Å². The molecule has 1 atom stereocenters. The number of nitrogens with zero attached hydrogens (tertiary/aromatic N) is 2. The lowest BCUT2D eigenvalue weighted by atomic mass is 10.2. The smallest absolute Gasteiger partial charge is 0.185 e. The Morgan fingerprint density at radius 2 is 2.29 bits per heavy atom. The highest BCUT2D eigenvalue weighted by Gasteiger charge is 2.21. The predicted molar refractivity (Wildman–Crippen MR) is 90.3 cm³/mol. The zero-order chi connectivity index (χ0) is 15.2. The third-order valence-electron chi connectivity index (χ3n) is 3.60. The molecular weight excluding hydrogens is 282 g/mol. The van der Waals surface area contributed by atoms with Crippen molar-refractivity contribution in [3.8, 4) is 0 Å². The SMILES string of the molecule is CCCc1nc(N2CCOC(C)C2)sc1CNCC(C)C. The maximum atomic E-state index is 5.63. The Morgan fingerprint density at radius 3 is 2.95 bits per heavy atom. The monoisotopic (exact) mass is 311 g/mol. The summed E-state index contributed by atoms with van der Waals surface area (Å²) >= 11 is 1.86. The van der Waals surface area contributed by atoms with E-state index in [1.54, 1.807) is 0 Å². The van der Waals surface area contributed by atoms with Gasteiger partial charge in [0.05, 0.1) is 18.4 Å². The van der Waals surface area contributed by atoms with Crippen LogP contribution in [-0.2, 0) is 17.7 Å². The minimum Gasteiger partial charge on any atom is -0.375 e. The minimum absolute atomic E-state index is 0.305. The van der Waals surface area contributed by atoms with Crippen molar-refractivity contribution in [3.63, 3.8) is 0 Å². The van der Waals surface area contributed by atoms with Gasteiger partial charge >= 0.3 is 0 Å². The third kappa shape index (κ3) is 4.94. The lowest BCUT2D eigenvalue weighted by Gasteiger charge is -2.30. The van der Waals surface area contributed by atoms with Gasteiger partial charge in [-0.3, -0.25) is 0 Å². The van der Waals surface area contributed by atoms with Gasteiger partial charge in [0.1, 0.15) is 0 Å². The lowest BCUT2D eigenvalue weighted by Crippen LogP contribution is -2.41. The average molecular weight is 311 g/mol. The second kappa shape index (κ2) is 8.11. The number of rotatable bonds is 7. The highest BCUT2D eigenvalue weighted by atomic mass is 32.1. The van der Waals surface area contributed by atoms with Crippen LogP contribution in [0.4, 0.5) is 5.13 Å². The Morgan fingerprint density at radius 1 is 1.48 bits per heavy atom. The maximum Gasteiger partial charge on any atom is 0.185 e. The first-order chi connectivity index (χ1) is 10.1. The lowest BCUT2D eigenvalue weighted by molar-refractivity contribution is 0.0532. The van der Waals surface area contributed by atoms with Crippen molar-refractivity contribution in [1.82, 2.24) is 10.3 Å². The van der Waals surface area contributed by atoms with Crippen molar-refractivity contribution < 1.29 is 4.74 Å². The molecule has 1 N–H and O–H groups in total. The molecule has 0 radical (unpaired) electrons. The van der Waals surface area contributed by atoms with Crippen LogP contribution in [-0.4, -0.2) is 37.3 Å². The molecule has 1 unspecified atom stereocenters. The van der Waals surface area contributed by atoms with Crippen molar-refractivity contribution >= 4 is 16.5 Å². The first-order valence-electron chi connectivity index (χ1n) is 8.16. The van der Waals surface area contributed by atoms with Crippen LogP contribution in [0.25, 0.3) is 0 Å². The van der Waals surface area contributed by atoms with Crippen molar-refractivity contribution in [2.45, 2.75) is 53.2 Å². The number of hydrogen-bond donors (Lipinski definition) is 1. The number of hydrogen-bond acceptors (Lipinski definition) is 5. The number of thiazole rings is 1. The van der Waals surface area contributed by atoms with Crippen LogP contribution in [0.2, 0.25) is 0 Å². The quantitative estimate of drug-likeness (QED) is 0.840. The van der Waals surface area contributed by atoms with E-state index in [0.29, 0.717) is 12.0 Å². The summed E-state index contributed by atoms with van der Waals surface area (Å²) in [7, 11) is 0. The molecule has 0 aliphatic carbocycles. The molecular formula is C16H29N3OS. The molecule has 1 aliphatic rings. The normalized spacial score (nSPS) is 19.5. The summed E-state index contributed by atoms with van der Waals surface area (Å²) in [5.74, 6) is 0.687. The predicted octanol–water partition coefficient (Wildman–Crippen LogP) is 3.07. The zero-order valence-electron chi connectivity index (χ0n) is 13.8. The van der Waals surface area contributed by atoms with E-state index in [0.717, 1.165) is 45.6 Å². The number of aryl methyl sites for hydroxylation is 1. The van der Waals surface area contributed by atoms with Crippen LogP contribution in [0.15, 0.2) is 0 Å². The van der Waals surface area contributed by atoms with Crippen LogP contribution in [0.3, 0.4) is 0 Å². The molecule has 0 saturated carbocycles. The Balaban J connectivity index is 2.04. The maximum absolute atomic E-state index is 5.63. The fourth-order valence-corrected chi connectivity index (χ4v) is 3.65. The summed E-state index contributed by atoms with van der Waals surface area (Å²) in [6.07, 6.45) is 2.54. The Kier molecular flexibility index (Phi) is 6.45. The highest BCUT2D eigenvalue weighted by molar-refractivity contribution is 7.15. The van der Waals surface area contributed by atoms with Crippen molar-refractivity contribution in [2.24, 2.45) is 5.92 Å². The fourth-order valence-electron chi connectivity index (χ4n) is 2.54. The molecule has 120 valence electrons. The van der Waals surface area contributed by atoms with Gasteiger partial charge in [0.2, 0.25) is 0 Å². The Labute approximate surface area is 132 Å². The molecule has 1 fully saturated rings. The van der Waals surface area contributed by atoms with E-state index >= 15 is 0 Å². The number of ether oxygens (including phenoxy) is 1. The Hall–Kier alpha value is -0.650. The van der Waals surface area contributed by atoms with E-state index in [9.17, 15) is 0 Å². The van der Waals surface area contributed by atoms with Crippen LogP contribution in [0.5, 0.6) is 0 Å². The zero-order valence-corrected chi connectivity index (χ0v) is 14.6. The summed E-state index contributed by atoms with van der Waals surface area (Å²) in [5.41, 5.74) is 1.29. The van der Waals surface area contributed by atoms with Gasteiger partial charge in [0.15, 0.2) is 5.13 Å². The van der Waals surface area contributed by atoms with Gasteiger partial charge in [-0.1, -0.05) is 27.2 Å². The van der Waals surface area contributed by atoms with E-state index in [-0.39, 0.29) is 0 Å². The fraction of sp³-hybridized carbons (Fsp3) is 0.812. The first kappa shape index (κ1) is 16.7. The van der Waals surface area contributed by atoms with Crippen LogP contribution >= 0.6 is 11.3 Å². The minimum atomic E-state index is 0.305. The molecule has 2 rings (SSSR count). The molecule has 0 amide bonds. The number of anilines is 1. The molecule has 1 aromatic heterocycles. The van der Waals surface area contributed by atoms with Crippen molar-refractivity contribution in [3.05, 3.63) is 10.6 Å². The summed E-state index contributed by atoms with van der Waals surface area (Å²) < 4.78 is 5.63. The summed E-state index contributed by atoms with van der Waals surface area (Å²) in [4.78, 5) is 8.69. The molecule has 4 nitrogen and oxygen atoms in total. The molecule has 2 heterocycles. The summed E-state index contributed by atoms with van der Waals surface area (Å²) in [6, 6.07) is 0. The molecule has 1 aromatic rings. The van der Waals surface area contributed by atoms with Gasteiger partial charge in [-0.2, -0.15) is 0 Å². The third-order valence-corrected chi connectivity index (χ3v) is 4.76. The summed E-state index contributed by atoms with van der Waals surface area (Å²) in [6.45, 7) is 13.6. The van der Waals surface area contributed by atoms with Gasteiger partial charge in [-0.25, -0.2) is 4.98 Å². The second-order valence-electron chi connectivity index (χ2n) is 6.27. The molecule has 5 heteroatoms. The van der Waals surface area contributed by atoms with E-state index in [1.807, 2.05) is 11.3 Å². The van der Waals surface area contributed by atoms with Gasteiger partial charge in [-0.15, -0.1) is 11.3 Å². The molecule has 1 aliphatic heterocycles. The standard InChI is InChI=1S/C16H29N3OS/c1-5-6-14-15(10-17-9-12(2)3)21-16(18-14)19-7-8-20-13(4)11-19/h12-13,17H,5-11H2,1-4H3. The molecule has 1 saturated heterocycles. The molecule has 21 heavy (non-hydrogen) atoms. The van der Waals surface area contributed by atoms with Crippen molar-refractivity contribution in [2.75, 3.05) is 31.1 Å². The number of aromatic nitrogens is 1. The number of nitrogens with one attached hydrogen (secondary N) is 1. The van der Waals surface area contributed by atoms with E-state index in [4.69, 9.17) is 9.72 Å². The van der Waals surface area contributed by atoms with E-state index in [1.165, 1.54) is 15.7 Å². The van der Waals surface area contributed by atoms with Crippen LogP contribution in [0.1, 0.15) is 44.7 Å². The average Bonchev–Trinajstić information content (AvgIpc) is 2.82. The largest absolute Gasteiger partial charge is 0.375 e. The van der Waals surface area contributed by atoms with Crippen molar-refractivity contribution in [1.29, 1.82) is 0 Å². The van der Waals surface area contributed by atoms with Gasteiger partial charge < -0.3 is 15.0 Å². The van der Waals surface area contributed by atoms with Gasteiger partial charge in [0, 0.05) is 24.5 Å². The van der Waals surface area contributed by atoms with E-state index < -0.39 is 0 Å². The van der Waals surface area contributed by atoms with Gasteiger partial charge in [0.25, 0.3) is 0 Å². The van der Waals surface area contributed by atoms with E-state index in [2.05, 4.69) is 37.9 Å². The Bertz CT molecular complexity index is 433. The number of morpholine rings is 1. The second-order valence-corrected chi connectivity index (χ2v) is 7.33. The van der Waals surface area contributed by atoms with Crippen LogP contribution in [0, 0.1) is 5.92 Å². The summed E-state index contributed by atoms with van der Waals surface area (Å²) in [5, 5.41) is 4.73. The first-order valence-corrected chi connectivity index (χ1v) is 8.97. The molecule has 0 spiro atoms.